The van der Waals surface area contributed by atoms with Gasteiger partial charge in [-0.3, -0.25) is 4.79 Å². The first kappa shape index (κ1) is 23.9. The maximum Gasteiger partial charge on any atom is 0.341 e. The number of benzene rings is 1. The van der Waals surface area contributed by atoms with Crippen LogP contribution in [0.4, 0.5) is 16.6 Å². The third-order valence-electron chi connectivity index (χ3n) is 5.99. The van der Waals surface area contributed by atoms with Gasteiger partial charge in [-0.15, -0.1) is 11.3 Å². The molecule has 1 saturated heterocycles. The number of ether oxygens (including phenoxy) is 2. The van der Waals surface area contributed by atoms with Crippen molar-refractivity contribution in [3.8, 4) is 0 Å². The molecule has 1 atom stereocenters. The van der Waals surface area contributed by atoms with E-state index in [-0.39, 0.29) is 17.9 Å². The lowest BCUT2D eigenvalue weighted by molar-refractivity contribution is -0.148. The maximum atomic E-state index is 12.7. The first-order valence-electron chi connectivity index (χ1n) is 11.6. The summed E-state index contributed by atoms with van der Waals surface area (Å²) >= 11 is 1.49. The van der Waals surface area contributed by atoms with E-state index in [1.165, 1.54) is 11.3 Å². The normalized spacial score (nSPS) is 15.9. The Kier molecular flexibility index (Phi) is 7.31. The molecule has 0 amide bonds. The fraction of sp³-hybridized carbons (Fsp3) is 0.440. The Hall–Kier alpha value is -3.20. The molecule has 4 rings (SSSR count). The van der Waals surface area contributed by atoms with Crippen molar-refractivity contribution in [3.63, 3.8) is 0 Å². The van der Waals surface area contributed by atoms with Gasteiger partial charge in [-0.05, 0) is 58.2 Å². The van der Waals surface area contributed by atoms with Gasteiger partial charge < -0.3 is 19.7 Å². The summed E-state index contributed by atoms with van der Waals surface area (Å²) in [7, 11) is 0. The Labute approximate surface area is 203 Å². The van der Waals surface area contributed by atoms with Crippen molar-refractivity contribution in [1.82, 2.24) is 9.97 Å². The van der Waals surface area contributed by atoms with E-state index in [0.29, 0.717) is 42.0 Å². The average molecular weight is 483 g/mol. The fourth-order valence-corrected chi connectivity index (χ4v) is 5.24. The molecule has 1 unspecified atom stereocenters. The minimum absolute atomic E-state index is 0.176. The van der Waals surface area contributed by atoms with Crippen LogP contribution in [0.3, 0.4) is 0 Å². The lowest BCUT2D eigenvalue weighted by Gasteiger charge is -2.33. The number of rotatable bonds is 7. The molecule has 1 N–H and O–H groups in total. The minimum atomic E-state index is -0.359. The maximum absolute atomic E-state index is 12.7. The first-order valence-corrected chi connectivity index (χ1v) is 12.5. The number of carbonyl (C=O) groups excluding carboxylic acids is 2. The molecule has 0 bridgehead atoms. The largest absolute Gasteiger partial charge is 0.466 e. The van der Waals surface area contributed by atoms with Crippen LogP contribution in [0.5, 0.6) is 0 Å². The van der Waals surface area contributed by atoms with Crippen LogP contribution in [0.1, 0.15) is 47.5 Å². The highest BCUT2D eigenvalue weighted by molar-refractivity contribution is 7.16. The van der Waals surface area contributed by atoms with Gasteiger partial charge in [-0.1, -0.05) is 12.1 Å². The molecule has 8 nitrogen and oxygen atoms in total. The van der Waals surface area contributed by atoms with E-state index in [0.717, 1.165) is 40.9 Å². The average Bonchev–Trinajstić information content (AvgIpc) is 3.11. The molecule has 3 heterocycles. The number of piperidine rings is 1. The number of thiophene rings is 1. The smallest absolute Gasteiger partial charge is 0.341 e. The van der Waals surface area contributed by atoms with Crippen molar-refractivity contribution in [3.05, 3.63) is 40.3 Å². The SMILES string of the molecule is CCOC(=O)c1c(Nc2nc3ccccc3nc2N2CCCC(C(=O)OCC)C2)sc(C)c1C. The van der Waals surface area contributed by atoms with Crippen molar-refractivity contribution in [2.75, 3.05) is 36.5 Å². The van der Waals surface area contributed by atoms with Crippen LogP contribution in [0.2, 0.25) is 0 Å². The number of hydrogen-bond acceptors (Lipinski definition) is 9. The number of para-hydroxylation sites is 2. The van der Waals surface area contributed by atoms with Crippen molar-refractivity contribution >= 4 is 50.9 Å². The lowest BCUT2D eigenvalue weighted by atomic mass is 9.98. The monoisotopic (exact) mass is 482 g/mol. The van der Waals surface area contributed by atoms with Crippen LogP contribution in [0, 0.1) is 19.8 Å². The second-order valence-corrected chi connectivity index (χ2v) is 9.48. The van der Waals surface area contributed by atoms with Crippen LogP contribution >= 0.6 is 11.3 Å². The molecule has 0 radical (unpaired) electrons. The van der Waals surface area contributed by atoms with Gasteiger partial charge in [0.1, 0.15) is 5.00 Å². The summed E-state index contributed by atoms with van der Waals surface area (Å²) in [6.45, 7) is 9.45. The van der Waals surface area contributed by atoms with Crippen LogP contribution in [0.15, 0.2) is 24.3 Å². The zero-order chi connectivity index (χ0) is 24.2. The number of fused-ring (bicyclic) bond motifs is 1. The molecule has 1 aliphatic rings. The summed E-state index contributed by atoms with van der Waals surface area (Å²) < 4.78 is 10.6. The summed E-state index contributed by atoms with van der Waals surface area (Å²) in [5, 5.41) is 4.07. The third-order valence-corrected chi connectivity index (χ3v) is 7.11. The molecule has 180 valence electrons. The van der Waals surface area contributed by atoms with Gasteiger partial charge in [0.25, 0.3) is 0 Å². The van der Waals surface area contributed by atoms with Crippen LogP contribution < -0.4 is 10.2 Å². The second kappa shape index (κ2) is 10.4. The van der Waals surface area contributed by atoms with Crippen LogP contribution in [-0.4, -0.2) is 48.2 Å². The van der Waals surface area contributed by atoms with Crippen molar-refractivity contribution in [2.45, 2.75) is 40.5 Å². The summed E-state index contributed by atoms with van der Waals surface area (Å²) in [4.78, 5) is 38.0. The molecular weight excluding hydrogens is 452 g/mol. The Morgan fingerprint density at radius 1 is 1.12 bits per heavy atom. The van der Waals surface area contributed by atoms with Gasteiger partial charge >= 0.3 is 11.9 Å². The van der Waals surface area contributed by atoms with Gasteiger partial charge in [-0.25, -0.2) is 14.8 Å². The quantitative estimate of drug-likeness (QED) is 0.470. The second-order valence-electron chi connectivity index (χ2n) is 8.25. The number of esters is 2. The van der Waals surface area contributed by atoms with Crippen molar-refractivity contribution < 1.29 is 19.1 Å². The summed E-state index contributed by atoms with van der Waals surface area (Å²) in [5.41, 5.74) is 2.93. The first-order chi connectivity index (χ1) is 16.4. The molecule has 3 aromatic rings. The third kappa shape index (κ3) is 4.84. The van der Waals surface area contributed by atoms with Crippen LogP contribution in [0.25, 0.3) is 11.0 Å². The number of carbonyl (C=O) groups is 2. The number of hydrogen-bond donors (Lipinski definition) is 1. The molecule has 0 aliphatic carbocycles. The van der Waals surface area contributed by atoms with Crippen molar-refractivity contribution in [1.29, 1.82) is 0 Å². The summed E-state index contributed by atoms with van der Waals surface area (Å²) in [6, 6.07) is 7.68. The van der Waals surface area contributed by atoms with Gasteiger partial charge in [0.15, 0.2) is 11.6 Å². The molecule has 34 heavy (non-hydrogen) atoms. The standard InChI is InChI=1S/C25H30N4O4S/c1-5-32-24(30)17-10-9-13-29(14-17)22-21(26-18-11-7-8-12-19(18)27-22)28-23-20(25(31)33-6-2)15(3)16(4)34-23/h7-8,11-12,17H,5-6,9-10,13-14H2,1-4H3,(H,26,28). The Morgan fingerprint density at radius 2 is 1.82 bits per heavy atom. The fourth-order valence-electron chi connectivity index (χ4n) is 4.19. The molecule has 1 aliphatic heterocycles. The molecule has 1 aromatic carbocycles. The Balaban J connectivity index is 1.75. The van der Waals surface area contributed by atoms with Gasteiger partial charge in [0.2, 0.25) is 0 Å². The Morgan fingerprint density at radius 3 is 2.53 bits per heavy atom. The minimum Gasteiger partial charge on any atom is -0.466 e. The zero-order valence-corrected chi connectivity index (χ0v) is 20.8. The summed E-state index contributed by atoms with van der Waals surface area (Å²) in [6.07, 6.45) is 1.64. The zero-order valence-electron chi connectivity index (χ0n) is 20.0. The molecule has 9 heteroatoms. The highest BCUT2D eigenvalue weighted by Crippen LogP contribution is 2.38. The molecule has 2 aromatic heterocycles. The highest BCUT2D eigenvalue weighted by Gasteiger charge is 2.30. The topological polar surface area (TPSA) is 93.6 Å². The molecule has 1 fully saturated rings. The van der Waals surface area contributed by atoms with Crippen molar-refractivity contribution in [2.24, 2.45) is 5.92 Å². The molecular formula is C25H30N4O4S. The number of aromatic nitrogens is 2. The van der Waals surface area contributed by atoms with E-state index in [1.54, 1.807) is 6.92 Å². The predicted molar refractivity (Wildman–Crippen MR) is 134 cm³/mol. The predicted octanol–water partition coefficient (Wildman–Crippen LogP) is 5.01. The van der Waals surface area contributed by atoms with E-state index in [4.69, 9.17) is 19.4 Å². The van der Waals surface area contributed by atoms with E-state index >= 15 is 0 Å². The molecule has 0 spiro atoms. The Bertz CT molecular complexity index is 1210. The van der Waals surface area contributed by atoms with Crippen LogP contribution in [-0.2, 0) is 14.3 Å². The highest BCUT2D eigenvalue weighted by atomic mass is 32.1. The molecule has 0 saturated carbocycles. The van der Waals surface area contributed by atoms with E-state index in [2.05, 4.69) is 10.2 Å². The van der Waals surface area contributed by atoms with E-state index in [1.807, 2.05) is 45.0 Å². The number of aryl methyl sites for hydroxylation is 1. The summed E-state index contributed by atoms with van der Waals surface area (Å²) in [5.74, 6) is 0.462. The van der Waals surface area contributed by atoms with Gasteiger partial charge in [-0.2, -0.15) is 0 Å². The van der Waals surface area contributed by atoms with E-state index in [9.17, 15) is 9.59 Å². The van der Waals surface area contributed by atoms with Gasteiger partial charge in [0.05, 0.1) is 35.7 Å². The lowest BCUT2D eigenvalue weighted by Crippen LogP contribution is -2.40. The number of nitrogens with one attached hydrogen (secondary N) is 1. The van der Waals surface area contributed by atoms with E-state index < -0.39 is 0 Å². The van der Waals surface area contributed by atoms with Gasteiger partial charge in [0, 0.05) is 18.0 Å². The number of nitrogens with zero attached hydrogens (tertiary/aromatic N) is 3. The number of anilines is 3.